The van der Waals surface area contributed by atoms with Gasteiger partial charge in [0.15, 0.2) is 0 Å². The number of benzene rings is 1. The van der Waals surface area contributed by atoms with Crippen LogP contribution in [0.2, 0.25) is 10.0 Å². The third-order valence-corrected chi connectivity index (χ3v) is 3.20. The van der Waals surface area contributed by atoms with Crippen LogP contribution >= 0.6 is 23.2 Å². The molecule has 0 radical (unpaired) electrons. The smallest absolute Gasteiger partial charge is 0.234 e. The summed E-state index contributed by atoms with van der Waals surface area (Å²) in [5.74, 6) is -0.0167. The van der Waals surface area contributed by atoms with Gasteiger partial charge in [-0.1, -0.05) is 29.3 Å². The van der Waals surface area contributed by atoms with Crippen molar-refractivity contribution in [3.63, 3.8) is 0 Å². The molecule has 1 amide bonds. The lowest BCUT2D eigenvalue weighted by molar-refractivity contribution is -0.120. The van der Waals surface area contributed by atoms with Gasteiger partial charge in [0.2, 0.25) is 5.91 Å². The molecule has 1 rings (SSSR count). The number of amides is 1. The van der Waals surface area contributed by atoms with Crippen molar-refractivity contribution in [3.05, 3.63) is 33.8 Å². The number of nitrogens with one attached hydrogen (secondary N) is 2. The lowest BCUT2D eigenvalue weighted by Crippen LogP contribution is -2.38. The Balaban J connectivity index is 2.52. The molecule has 0 aliphatic rings. The van der Waals surface area contributed by atoms with Crippen LogP contribution in [0, 0.1) is 0 Å². The average Bonchev–Trinajstić information content (AvgIpc) is 2.28. The quantitative estimate of drug-likeness (QED) is 0.874. The van der Waals surface area contributed by atoms with Gasteiger partial charge in [-0.25, -0.2) is 0 Å². The largest absolute Gasteiger partial charge is 0.353 e. The van der Waals surface area contributed by atoms with E-state index in [0.29, 0.717) is 10.0 Å². The summed E-state index contributed by atoms with van der Waals surface area (Å²) in [5, 5.41) is 7.01. The number of carbonyl (C=O) groups excluding carboxylic acids is 1. The minimum absolute atomic E-state index is 0.0167. The zero-order valence-electron chi connectivity index (χ0n) is 10.8. The molecular weight excluding hydrogens is 271 g/mol. The van der Waals surface area contributed by atoms with Crippen molar-refractivity contribution in [2.24, 2.45) is 0 Å². The molecule has 0 saturated carbocycles. The topological polar surface area (TPSA) is 41.1 Å². The summed E-state index contributed by atoms with van der Waals surface area (Å²) in [6.45, 7) is 6.11. The Kier molecular flexibility index (Phi) is 5.93. The van der Waals surface area contributed by atoms with E-state index in [1.807, 2.05) is 32.9 Å². The van der Waals surface area contributed by atoms with E-state index in [2.05, 4.69) is 10.6 Å². The van der Waals surface area contributed by atoms with E-state index >= 15 is 0 Å². The number of hydrogen-bond acceptors (Lipinski definition) is 2. The van der Waals surface area contributed by atoms with Crippen molar-refractivity contribution >= 4 is 29.1 Å². The summed E-state index contributed by atoms with van der Waals surface area (Å²) in [4.78, 5) is 11.5. The van der Waals surface area contributed by atoms with Crippen LogP contribution in [0.4, 0.5) is 0 Å². The Bertz CT molecular complexity index is 421. The van der Waals surface area contributed by atoms with Gasteiger partial charge >= 0.3 is 0 Å². The first-order chi connectivity index (χ1) is 8.40. The van der Waals surface area contributed by atoms with Gasteiger partial charge in [-0.3, -0.25) is 4.79 Å². The van der Waals surface area contributed by atoms with E-state index in [-0.39, 0.29) is 24.5 Å². The maximum Gasteiger partial charge on any atom is 0.234 e. The Morgan fingerprint density at radius 3 is 2.44 bits per heavy atom. The van der Waals surface area contributed by atoms with Crippen LogP contribution in [-0.4, -0.2) is 18.5 Å². The monoisotopic (exact) mass is 288 g/mol. The zero-order chi connectivity index (χ0) is 13.7. The molecule has 1 unspecified atom stereocenters. The van der Waals surface area contributed by atoms with Crippen LogP contribution in [0.25, 0.3) is 0 Å². The minimum Gasteiger partial charge on any atom is -0.353 e. The van der Waals surface area contributed by atoms with Gasteiger partial charge in [0.05, 0.1) is 16.6 Å². The first-order valence-corrected chi connectivity index (χ1v) is 6.63. The predicted octanol–water partition coefficient (Wildman–Crippen LogP) is 3.17. The van der Waals surface area contributed by atoms with Crippen LogP contribution in [-0.2, 0) is 4.79 Å². The molecule has 0 aliphatic heterocycles. The van der Waals surface area contributed by atoms with Crippen LogP contribution in [0.15, 0.2) is 18.2 Å². The summed E-state index contributed by atoms with van der Waals surface area (Å²) >= 11 is 11.8. The van der Waals surface area contributed by atoms with Gasteiger partial charge in [0, 0.05) is 12.1 Å². The van der Waals surface area contributed by atoms with Gasteiger partial charge in [0.25, 0.3) is 0 Å². The van der Waals surface area contributed by atoms with Gasteiger partial charge in [-0.05, 0) is 38.5 Å². The van der Waals surface area contributed by atoms with Crippen molar-refractivity contribution in [2.45, 2.75) is 32.9 Å². The normalized spacial score (nSPS) is 12.6. The van der Waals surface area contributed by atoms with Crippen molar-refractivity contribution < 1.29 is 4.79 Å². The van der Waals surface area contributed by atoms with Gasteiger partial charge in [0.1, 0.15) is 0 Å². The summed E-state index contributed by atoms with van der Waals surface area (Å²) < 4.78 is 0. The van der Waals surface area contributed by atoms with E-state index in [4.69, 9.17) is 23.2 Å². The SMILES string of the molecule is CC(C)NC(=O)CNC(C)c1ccc(Cl)c(Cl)c1. The fourth-order valence-electron chi connectivity index (χ4n) is 1.52. The molecule has 0 aliphatic carbocycles. The average molecular weight is 289 g/mol. The molecule has 100 valence electrons. The molecule has 1 atom stereocenters. The van der Waals surface area contributed by atoms with Crippen LogP contribution in [0.3, 0.4) is 0 Å². The summed E-state index contributed by atoms with van der Waals surface area (Å²) in [6, 6.07) is 5.65. The van der Waals surface area contributed by atoms with E-state index in [1.165, 1.54) is 0 Å². The molecule has 0 aromatic heterocycles. The molecule has 5 heteroatoms. The van der Waals surface area contributed by atoms with Crippen molar-refractivity contribution in [3.8, 4) is 0 Å². The minimum atomic E-state index is -0.0167. The van der Waals surface area contributed by atoms with Crippen LogP contribution in [0.5, 0.6) is 0 Å². The molecule has 0 bridgehead atoms. The van der Waals surface area contributed by atoms with Gasteiger partial charge in [-0.2, -0.15) is 0 Å². The number of rotatable bonds is 5. The molecule has 0 saturated heterocycles. The molecule has 0 spiro atoms. The lowest BCUT2D eigenvalue weighted by atomic mass is 10.1. The van der Waals surface area contributed by atoms with Crippen molar-refractivity contribution in [2.75, 3.05) is 6.54 Å². The third-order valence-electron chi connectivity index (χ3n) is 2.46. The Morgan fingerprint density at radius 2 is 1.89 bits per heavy atom. The third kappa shape index (κ3) is 4.84. The van der Waals surface area contributed by atoms with E-state index < -0.39 is 0 Å². The maximum absolute atomic E-state index is 11.5. The van der Waals surface area contributed by atoms with Gasteiger partial charge < -0.3 is 10.6 Å². The number of halogens is 2. The van der Waals surface area contributed by atoms with Crippen molar-refractivity contribution in [1.82, 2.24) is 10.6 Å². The fraction of sp³-hybridized carbons (Fsp3) is 0.462. The van der Waals surface area contributed by atoms with Crippen LogP contribution in [0.1, 0.15) is 32.4 Å². The van der Waals surface area contributed by atoms with Crippen LogP contribution < -0.4 is 10.6 Å². The number of carbonyl (C=O) groups is 1. The Labute approximate surface area is 118 Å². The standard InChI is InChI=1S/C13H18Cl2N2O/c1-8(2)17-13(18)7-16-9(3)10-4-5-11(14)12(15)6-10/h4-6,8-9,16H,7H2,1-3H3,(H,17,18). The molecule has 1 aromatic rings. The molecule has 0 heterocycles. The maximum atomic E-state index is 11.5. The highest BCUT2D eigenvalue weighted by Crippen LogP contribution is 2.25. The van der Waals surface area contributed by atoms with E-state index in [0.717, 1.165) is 5.56 Å². The second-order valence-electron chi connectivity index (χ2n) is 4.50. The van der Waals surface area contributed by atoms with Gasteiger partial charge in [-0.15, -0.1) is 0 Å². The molecule has 18 heavy (non-hydrogen) atoms. The highest BCUT2D eigenvalue weighted by molar-refractivity contribution is 6.42. The molecule has 1 aromatic carbocycles. The highest BCUT2D eigenvalue weighted by Gasteiger charge is 2.09. The molecule has 0 fully saturated rings. The zero-order valence-corrected chi connectivity index (χ0v) is 12.3. The first kappa shape index (κ1) is 15.3. The summed E-state index contributed by atoms with van der Waals surface area (Å²) in [7, 11) is 0. The lowest BCUT2D eigenvalue weighted by Gasteiger charge is -2.15. The molecule has 3 nitrogen and oxygen atoms in total. The predicted molar refractivity (Wildman–Crippen MR) is 76.2 cm³/mol. The second-order valence-corrected chi connectivity index (χ2v) is 5.31. The second kappa shape index (κ2) is 6.98. The Morgan fingerprint density at radius 1 is 1.22 bits per heavy atom. The molecular formula is C13H18Cl2N2O. The summed E-state index contributed by atoms with van der Waals surface area (Å²) in [6.07, 6.45) is 0. The first-order valence-electron chi connectivity index (χ1n) is 5.88. The summed E-state index contributed by atoms with van der Waals surface area (Å²) in [5.41, 5.74) is 1.00. The Hall–Kier alpha value is -0.770. The fourth-order valence-corrected chi connectivity index (χ4v) is 1.82. The van der Waals surface area contributed by atoms with E-state index in [9.17, 15) is 4.79 Å². The van der Waals surface area contributed by atoms with Crippen molar-refractivity contribution in [1.29, 1.82) is 0 Å². The number of hydrogen-bond donors (Lipinski definition) is 2. The highest BCUT2D eigenvalue weighted by atomic mass is 35.5. The van der Waals surface area contributed by atoms with E-state index in [1.54, 1.807) is 6.07 Å². The molecule has 2 N–H and O–H groups in total.